The Morgan fingerprint density at radius 2 is 2.10 bits per heavy atom. The SMILES string of the molecule is CC1CCC(C(=O)Nc2ccccc2CCC(=O)O)O1. The molecule has 1 amide bonds. The van der Waals surface area contributed by atoms with Crippen LogP contribution >= 0.6 is 0 Å². The molecule has 0 spiro atoms. The fraction of sp³-hybridized carbons (Fsp3) is 0.467. The molecule has 108 valence electrons. The predicted molar refractivity (Wildman–Crippen MR) is 74.6 cm³/mol. The lowest BCUT2D eigenvalue weighted by atomic mass is 10.1. The van der Waals surface area contributed by atoms with Crippen LogP contribution in [0.15, 0.2) is 24.3 Å². The average molecular weight is 277 g/mol. The molecule has 0 radical (unpaired) electrons. The second-order valence-electron chi connectivity index (χ2n) is 5.05. The summed E-state index contributed by atoms with van der Waals surface area (Å²) in [4.78, 5) is 22.7. The first-order chi connectivity index (χ1) is 9.56. The van der Waals surface area contributed by atoms with Crippen molar-refractivity contribution in [1.29, 1.82) is 0 Å². The number of carboxylic acid groups (broad SMARTS) is 1. The summed E-state index contributed by atoms with van der Waals surface area (Å²) in [5.41, 5.74) is 1.50. The molecule has 1 aromatic rings. The second kappa shape index (κ2) is 6.52. The van der Waals surface area contributed by atoms with Gasteiger partial charge in [-0.3, -0.25) is 9.59 Å². The molecule has 1 aliphatic rings. The molecule has 0 saturated carbocycles. The van der Waals surface area contributed by atoms with Gasteiger partial charge in [0.2, 0.25) is 0 Å². The first-order valence-electron chi connectivity index (χ1n) is 6.82. The highest BCUT2D eigenvalue weighted by Crippen LogP contribution is 2.22. The van der Waals surface area contributed by atoms with Crippen LogP contribution in [0, 0.1) is 0 Å². The smallest absolute Gasteiger partial charge is 0.303 e. The van der Waals surface area contributed by atoms with Crippen molar-refractivity contribution in [3.63, 3.8) is 0 Å². The van der Waals surface area contributed by atoms with Gasteiger partial charge < -0.3 is 15.2 Å². The van der Waals surface area contributed by atoms with Gasteiger partial charge >= 0.3 is 5.97 Å². The molecule has 20 heavy (non-hydrogen) atoms. The van der Waals surface area contributed by atoms with Crippen LogP contribution in [0.25, 0.3) is 0 Å². The van der Waals surface area contributed by atoms with E-state index in [1.165, 1.54) is 0 Å². The molecule has 0 aromatic heterocycles. The van der Waals surface area contributed by atoms with Crippen LogP contribution in [0.5, 0.6) is 0 Å². The van der Waals surface area contributed by atoms with Gasteiger partial charge in [-0.2, -0.15) is 0 Å². The molecule has 1 aliphatic heterocycles. The third kappa shape index (κ3) is 3.81. The van der Waals surface area contributed by atoms with E-state index in [0.717, 1.165) is 18.4 Å². The van der Waals surface area contributed by atoms with Gasteiger partial charge in [-0.1, -0.05) is 18.2 Å². The number of aryl methyl sites for hydroxylation is 1. The van der Waals surface area contributed by atoms with Crippen LogP contribution < -0.4 is 5.32 Å². The largest absolute Gasteiger partial charge is 0.481 e. The Hall–Kier alpha value is -1.88. The Bertz CT molecular complexity index is 500. The third-order valence-electron chi connectivity index (χ3n) is 3.41. The number of anilines is 1. The van der Waals surface area contributed by atoms with E-state index in [9.17, 15) is 9.59 Å². The van der Waals surface area contributed by atoms with Crippen molar-refractivity contribution in [2.24, 2.45) is 0 Å². The van der Waals surface area contributed by atoms with Crippen LogP contribution in [0.2, 0.25) is 0 Å². The van der Waals surface area contributed by atoms with Crippen molar-refractivity contribution in [3.05, 3.63) is 29.8 Å². The molecule has 1 heterocycles. The zero-order valence-corrected chi connectivity index (χ0v) is 11.5. The average Bonchev–Trinajstić information content (AvgIpc) is 2.84. The van der Waals surface area contributed by atoms with Crippen molar-refractivity contribution < 1.29 is 19.4 Å². The second-order valence-corrected chi connectivity index (χ2v) is 5.05. The molecular weight excluding hydrogens is 258 g/mol. The van der Waals surface area contributed by atoms with Crippen LogP contribution in [-0.2, 0) is 20.7 Å². The number of ether oxygens (including phenoxy) is 1. The Balaban J connectivity index is 2.01. The van der Waals surface area contributed by atoms with Crippen LogP contribution in [-0.4, -0.2) is 29.2 Å². The Labute approximate surface area is 117 Å². The third-order valence-corrected chi connectivity index (χ3v) is 3.41. The molecule has 2 rings (SSSR count). The fourth-order valence-corrected chi connectivity index (χ4v) is 2.31. The van der Waals surface area contributed by atoms with Crippen LogP contribution in [0.4, 0.5) is 5.69 Å². The number of amides is 1. The van der Waals surface area contributed by atoms with Crippen molar-refractivity contribution in [2.45, 2.75) is 44.8 Å². The lowest BCUT2D eigenvalue weighted by Gasteiger charge is -2.14. The van der Waals surface area contributed by atoms with Crippen LogP contribution in [0.1, 0.15) is 31.7 Å². The van der Waals surface area contributed by atoms with E-state index < -0.39 is 12.1 Å². The van der Waals surface area contributed by atoms with E-state index >= 15 is 0 Å². The molecule has 0 aliphatic carbocycles. The number of hydrogen-bond donors (Lipinski definition) is 2. The highest BCUT2D eigenvalue weighted by molar-refractivity contribution is 5.95. The number of benzene rings is 1. The minimum absolute atomic E-state index is 0.0455. The maximum Gasteiger partial charge on any atom is 0.303 e. The van der Waals surface area contributed by atoms with Gasteiger partial charge in [0.25, 0.3) is 5.91 Å². The number of hydrogen-bond acceptors (Lipinski definition) is 3. The molecule has 1 saturated heterocycles. The van der Waals surface area contributed by atoms with Crippen molar-refractivity contribution in [1.82, 2.24) is 0 Å². The van der Waals surface area contributed by atoms with Gasteiger partial charge in [0.05, 0.1) is 6.10 Å². The van der Waals surface area contributed by atoms with E-state index in [1.807, 2.05) is 25.1 Å². The number of carbonyl (C=O) groups excluding carboxylic acids is 1. The number of aliphatic carboxylic acids is 1. The van der Waals surface area contributed by atoms with Gasteiger partial charge in [0, 0.05) is 12.1 Å². The molecular formula is C15H19NO4. The zero-order valence-electron chi connectivity index (χ0n) is 11.5. The summed E-state index contributed by atoms with van der Waals surface area (Å²) >= 11 is 0. The van der Waals surface area contributed by atoms with Gasteiger partial charge in [-0.05, 0) is 37.8 Å². The van der Waals surface area contributed by atoms with Crippen molar-refractivity contribution in [2.75, 3.05) is 5.32 Å². The number of nitrogens with one attached hydrogen (secondary N) is 1. The number of rotatable bonds is 5. The van der Waals surface area contributed by atoms with E-state index in [-0.39, 0.29) is 18.4 Å². The van der Waals surface area contributed by atoms with E-state index in [1.54, 1.807) is 6.07 Å². The summed E-state index contributed by atoms with van der Waals surface area (Å²) in [5.74, 6) is -1.00. The normalized spacial score (nSPS) is 21.6. The predicted octanol–water partition coefficient (Wildman–Crippen LogP) is 2.21. The molecule has 5 nitrogen and oxygen atoms in total. The quantitative estimate of drug-likeness (QED) is 0.865. The van der Waals surface area contributed by atoms with E-state index in [2.05, 4.69) is 5.32 Å². The maximum absolute atomic E-state index is 12.1. The molecule has 0 bridgehead atoms. The van der Waals surface area contributed by atoms with Gasteiger partial charge in [0.15, 0.2) is 0 Å². The first kappa shape index (κ1) is 14.5. The summed E-state index contributed by atoms with van der Waals surface area (Å²) in [5, 5.41) is 11.6. The summed E-state index contributed by atoms with van der Waals surface area (Å²) in [7, 11) is 0. The molecule has 2 unspecified atom stereocenters. The molecule has 5 heteroatoms. The van der Waals surface area contributed by atoms with Crippen molar-refractivity contribution >= 4 is 17.6 Å². The standard InChI is InChI=1S/C15H19NO4/c1-10-6-8-13(20-10)15(19)16-12-5-3-2-4-11(12)7-9-14(17)18/h2-5,10,13H,6-9H2,1H3,(H,16,19)(H,17,18). The Morgan fingerprint density at radius 3 is 2.75 bits per heavy atom. The fourth-order valence-electron chi connectivity index (χ4n) is 2.31. The summed E-state index contributed by atoms with van der Waals surface area (Å²) in [6, 6.07) is 7.27. The Morgan fingerprint density at radius 1 is 1.35 bits per heavy atom. The Kier molecular flexibility index (Phi) is 4.74. The summed E-state index contributed by atoms with van der Waals surface area (Å²) in [6.07, 6.45) is 1.77. The number of carboxylic acids is 1. The van der Waals surface area contributed by atoms with E-state index in [4.69, 9.17) is 9.84 Å². The first-order valence-corrected chi connectivity index (χ1v) is 6.82. The summed E-state index contributed by atoms with van der Waals surface area (Å²) in [6.45, 7) is 1.95. The highest BCUT2D eigenvalue weighted by Gasteiger charge is 2.28. The summed E-state index contributed by atoms with van der Waals surface area (Å²) < 4.78 is 5.53. The minimum Gasteiger partial charge on any atom is -0.481 e. The maximum atomic E-state index is 12.1. The minimum atomic E-state index is -0.848. The van der Waals surface area contributed by atoms with E-state index in [0.29, 0.717) is 12.1 Å². The lowest BCUT2D eigenvalue weighted by molar-refractivity contribution is -0.137. The monoisotopic (exact) mass is 277 g/mol. The van der Waals surface area contributed by atoms with Crippen molar-refractivity contribution in [3.8, 4) is 0 Å². The van der Waals surface area contributed by atoms with Gasteiger partial charge in [0.1, 0.15) is 6.10 Å². The van der Waals surface area contributed by atoms with Crippen LogP contribution in [0.3, 0.4) is 0 Å². The molecule has 1 aromatic carbocycles. The number of carbonyl (C=O) groups is 2. The topological polar surface area (TPSA) is 75.6 Å². The lowest BCUT2D eigenvalue weighted by Crippen LogP contribution is -2.28. The highest BCUT2D eigenvalue weighted by atomic mass is 16.5. The zero-order chi connectivity index (χ0) is 14.5. The molecule has 2 atom stereocenters. The molecule has 2 N–H and O–H groups in total. The molecule has 1 fully saturated rings. The van der Waals surface area contributed by atoms with Gasteiger partial charge in [-0.15, -0.1) is 0 Å². The number of para-hydroxylation sites is 1. The van der Waals surface area contributed by atoms with Gasteiger partial charge in [-0.25, -0.2) is 0 Å².